The van der Waals surface area contributed by atoms with Gasteiger partial charge >= 0.3 is 0 Å². The number of anilines is 1. The van der Waals surface area contributed by atoms with Crippen LogP contribution >= 0.6 is 38.6 Å². The highest BCUT2D eigenvalue weighted by molar-refractivity contribution is 9.11. The second-order valence-corrected chi connectivity index (χ2v) is 8.00. The molecular formula is C14H8BrN5O3S2. The number of nitro groups is 1. The number of hydrogen-bond donors (Lipinski definition) is 1. The quantitative estimate of drug-likeness (QED) is 0.363. The molecule has 25 heavy (non-hydrogen) atoms. The number of nitrogens with zero attached hydrogens (tertiary/aromatic N) is 4. The highest BCUT2D eigenvalue weighted by Gasteiger charge is 2.12. The molecular weight excluding hydrogens is 430 g/mol. The molecule has 0 spiro atoms. The number of hydrogen-bond acceptors (Lipinski definition) is 8. The number of carbonyl (C=O) groups excluding carboxylic acids is 1. The molecule has 0 aliphatic heterocycles. The molecule has 0 fully saturated rings. The molecule has 1 amide bonds. The average molecular weight is 438 g/mol. The number of aromatic nitrogens is 2. The van der Waals surface area contributed by atoms with Crippen molar-refractivity contribution >= 4 is 66.7 Å². The number of nitrogens with one attached hydrogen (secondary N) is 1. The van der Waals surface area contributed by atoms with E-state index in [1.807, 2.05) is 12.1 Å². The molecule has 1 N–H and O–H groups in total. The second kappa shape index (κ2) is 7.59. The van der Waals surface area contributed by atoms with E-state index in [4.69, 9.17) is 0 Å². The SMILES string of the molecule is O=C(Nc1nnc(N=Cc2ccc(Br)s2)s1)c1ccc([N+](=O)[O-])cc1. The molecule has 0 atom stereocenters. The number of amides is 1. The molecule has 2 heterocycles. The van der Waals surface area contributed by atoms with Crippen molar-refractivity contribution in [3.8, 4) is 0 Å². The molecule has 126 valence electrons. The third-order valence-electron chi connectivity index (χ3n) is 2.87. The van der Waals surface area contributed by atoms with Crippen molar-refractivity contribution in [3.05, 3.63) is 60.7 Å². The summed E-state index contributed by atoms with van der Waals surface area (Å²) >= 11 is 6.02. The van der Waals surface area contributed by atoms with Crippen LogP contribution in [0.25, 0.3) is 0 Å². The molecule has 0 saturated heterocycles. The molecule has 1 aromatic carbocycles. The van der Waals surface area contributed by atoms with Crippen molar-refractivity contribution in [2.24, 2.45) is 4.99 Å². The maximum absolute atomic E-state index is 12.1. The van der Waals surface area contributed by atoms with Crippen LogP contribution in [-0.4, -0.2) is 27.2 Å². The van der Waals surface area contributed by atoms with Crippen molar-refractivity contribution < 1.29 is 9.72 Å². The fourth-order valence-electron chi connectivity index (χ4n) is 1.74. The lowest BCUT2D eigenvalue weighted by Crippen LogP contribution is -2.11. The van der Waals surface area contributed by atoms with Gasteiger partial charge in [0, 0.05) is 28.8 Å². The van der Waals surface area contributed by atoms with E-state index in [1.54, 1.807) is 6.21 Å². The number of rotatable bonds is 5. The average Bonchev–Trinajstić information content (AvgIpc) is 3.21. The number of thiophene rings is 1. The first-order chi connectivity index (χ1) is 12.0. The summed E-state index contributed by atoms with van der Waals surface area (Å²) < 4.78 is 1.00. The van der Waals surface area contributed by atoms with Gasteiger partial charge in [0.05, 0.1) is 8.71 Å². The zero-order chi connectivity index (χ0) is 17.8. The molecule has 2 aromatic heterocycles. The molecule has 0 aliphatic rings. The molecule has 0 aliphatic carbocycles. The van der Waals surface area contributed by atoms with Gasteiger partial charge in [-0.25, -0.2) is 4.99 Å². The van der Waals surface area contributed by atoms with Gasteiger partial charge in [-0.2, -0.15) is 0 Å². The van der Waals surface area contributed by atoms with E-state index in [0.717, 1.165) is 20.0 Å². The summed E-state index contributed by atoms with van der Waals surface area (Å²) in [5, 5.41) is 21.6. The van der Waals surface area contributed by atoms with Crippen LogP contribution in [0, 0.1) is 10.1 Å². The number of nitro benzene ring substituents is 1. The predicted molar refractivity (Wildman–Crippen MR) is 100 cm³/mol. The van der Waals surface area contributed by atoms with Crippen LogP contribution in [0.3, 0.4) is 0 Å². The Labute approximate surface area is 157 Å². The minimum Gasteiger partial charge on any atom is -0.296 e. The number of benzene rings is 1. The van der Waals surface area contributed by atoms with Crippen molar-refractivity contribution in [2.45, 2.75) is 0 Å². The zero-order valence-electron chi connectivity index (χ0n) is 12.2. The zero-order valence-corrected chi connectivity index (χ0v) is 15.5. The second-order valence-electron chi connectivity index (χ2n) is 4.55. The summed E-state index contributed by atoms with van der Waals surface area (Å²) in [7, 11) is 0. The summed E-state index contributed by atoms with van der Waals surface area (Å²) in [6.45, 7) is 0. The van der Waals surface area contributed by atoms with Crippen molar-refractivity contribution in [1.82, 2.24) is 10.2 Å². The van der Waals surface area contributed by atoms with Gasteiger partial charge in [0.25, 0.3) is 11.6 Å². The Morgan fingerprint density at radius 1 is 1.20 bits per heavy atom. The van der Waals surface area contributed by atoms with Gasteiger partial charge in [0.15, 0.2) is 0 Å². The summed E-state index contributed by atoms with van der Waals surface area (Å²) in [4.78, 5) is 27.4. The van der Waals surface area contributed by atoms with Crippen molar-refractivity contribution in [3.63, 3.8) is 0 Å². The molecule has 3 aromatic rings. The van der Waals surface area contributed by atoms with Crippen LogP contribution in [0.5, 0.6) is 0 Å². The topological polar surface area (TPSA) is 110 Å². The van der Waals surface area contributed by atoms with Gasteiger partial charge in [0.1, 0.15) is 0 Å². The Hall–Kier alpha value is -2.50. The monoisotopic (exact) mass is 437 g/mol. The standard InChI is InChI=1S/C14H8BrN5O3S2/c15-11-6-5-10(24-11)7-16-13-18-19-14(25-13)17-12(21)8-1-3-9(4-2-8)20(22)23/h1-7H,(H,17,19,21). The fourth-order valence-corrected chi connectivity index (χ4v) is 3.62. The van der Waals surface area contributed by atoms with Crippen LogP contribution < -0.4 is 5.32 Å². The maximum Gasteiger partial charge on any atom is 0.269 e. The Morgan fingerprint density at radius 2 is 1.96 bits per heavy atom. The minimum absolute atomic E-state index is 0.0793. The van der Waals surface area contributed by atoms with E-state index in [1.165, 1.54) is 35.6 Å². The Kier molecular flexibility index (Phi) is 5.26. The molecule has 0 saturated carbocycles. The van der Waals surface area contributed by atoms with E-state index < -0.39 is 10.8 Å². The highest BCUT2D eigenvalue weighted by Crippen LogP contribution is 2.25. The van der Waals surface area contributed by atoms with Crippen LogP contribution in [0.1, 0.15) is 15.2 Å². The first kappa shape index (κ1) is 17.3. The first-order valence-corrected chi connectivity index (χ1v) is 9.12. The number of aliphatic imine (C=N–C) groups is 1. The summed E-state index contributed by atoms with van der Waals surface area (Å²) in [5.41, 5.74) is 0.207. The smallest absolute Gasteiger partial charge is 0.269 e. The largest absolute Gasteiger partial charge is 0.296 e. The van der Waals surface area contributed by atoms with E-state index in [-0.39, 0.29) is 11.3 Å². The van der Waals surface area contributed by atoms with Gasteiger partial charge in [-0.1, -0.05) is 11.3 Å². The summed E-state index contributed by atoms with van der Waals surface area (Å²) in [5.74, 6) is -0.427. The fraction of sp³-hybridized carbons (Fsp3) is 0. The molecule has 0 radical (unpaired) electrons. The number of halogens is 1. The summed E-state index contributed by atoms with van der Waals surface area (Å²) in [6, 6.07) is 9.12. The van der Waals surface area contributed by atoms with Gasteiger partial charge in [-0.3, -0.25) is 20.2 Å². The molecule has 3 rings (SSSR count). The molecule has 11 heteroatoms. The van der Waals surface area contributed by atoms with Gasteiger partial charge in [0.2, 0.25) is 10.3 Å². The predicted octanol–water partition coefficient (Wildman–Crippen LogP) is 4.27. The summed E-state index contributed by atoms with van der Waals surface area (Å²) in [6.07, 6.45) is 1.66. The van der Waals surface area contributed by atoms with Gasteiger partial charge in [-0.15, -0.1) is 21.5 Å². The lowest BCUT2D eigenvalue weighted by atomic mass is 10.2. The van der Waals surface area contributed by atoms with E-state index in [0.29, 0.717) is 10.3 Å². The molecule has 0 unspecified atom stereocenters. The van der Waals surface area contributed by atoms with Crippen LogP contribution in [0.2, 0.25) is 0 Å². The third kappa shape index (κ3) is 4.53. The lowest BCUT2D eigenvalue weighted by molar-refractivity contribution is -0.384. The molecule has 8 nitrogen and oxygen atoms in total. The number of non-ortho nitro benzene ring substituents is 1. The van der Waals surface area contributed by atoms with E-state index >= 15 is 0 Å². The van der Waals surface area contributed by atoms with E-state index in [2.05, 4.69) is 36.4 Å². The van der Waals surface area contributed by atoms with Crippen LogP contribution in [0.15, 0.2) is 45.2 Å². The Morgan fingerprint density at radius 3 is 2.60 bits per heavy atom. The van der Waals surface area contributed by atoms with E-state index in [9.17, 15) is 14.9 Å². The van der Waals surface area contributed by atoms with Crippen LogP contribution in [-0.2, 0) is 0 Å². The lowest BCUT2D eigenvalue weighted by Gasteiger charge is -2.00. The van der Waals surface area contributed by atoms with Crippen molar-refractivity contribution in [1.29, 1.82) is 0 Å². The third-order valence-corrected chi connectivity index (χ3v) is 5.18. The van der Waals surface area contributed by atoms with Crippen LogP contribution in [0.4, 0.5) is 16.0 Å². The minimum atomic E-state index is -0.525. The van der Waals surface area contributed by atoms with Gasteiger partial charge in [-0.05, 0) is 40.2 Å². The first-order valence-electron chi connectivity index (χ1n) is 6.70. The van der Waals surface area contributed by atoms with Crippen molar-refractivity contribution in [2.75, 3.05) is 5.32 Å². The highest BCUT2D eigenvalue weighted by atomic mass is 79.9. The maximum atomic E-state index is 12.1. The normalized spacial score (nSPS) is 10.9. The van der Waals surface area contributed by atoms with Gasteiger partial charge < -0.3 is 0 Å². The molecule has 0 bridgehead atoms. The Bertz CT molecular complexity index is 952. The Balaban J connectivity index is 1.65. The number of carbonyl (C=O) groups is 1.